The van der Waals surface area contributed by atoms with E-state index in [-0.39, 0.29) is 18.2 Å². The average Bonchev–Trinajstić information content (AvgIpc) is 3.18. The van der Waals surface area contributed by atoms with E-state index in [2.05, 4.69) is 32.2 Å². The molecule has 2 aromatic heterocycles. The van der Waals surface area contributed by atoms with Gasteiger partial charge in [0.2, 0.25) is 0 Å². The Morgan fingerprint density at radius 1 is 1.56 bits per heavy atom. The number of aromatic amines is 1. The zero-order chi connectivity index (χ0) is 18.4. The Hall–Kier alpha value is -2.92. The van der Waals surface area contributed by atoms with Crippen molar-refractivity contribution in [2.75, 3.05) is 13.7 Å². The summed E-state index contributed by atoms with van der Waals surface area (Å²) in [5.74, 6) is -0.444. The number of ether oxygens (including phenoxy) is 1. The van der Waals surface area contributed by atoms with Gasteiger partial charge in [0.15, 0.2) is 0 Å². The van der Waals surface area contributed by atoms with E-state index in [4.69, 9.17) is 4.74 Å². The number of H-pyrrole nitrogens is 1. The third-order valence-electron chi connectivity index (χ3n) is 3.93. The number of carbonyl (C=O) groups is 1. The van der Waals surface area contributed by atoms with Crippen LogP contribution in [0, 0.1) is 25.2 Å². The van der Waals surface area contributed by atoms with Gasteiger partial charge in [0.05, 0.1) is 25.4 Å². The first kappa shape index (κ1) is 18.4. The van der Waals surface area contributed by atoms with Gasteiger partial charge < -0.3 is 14.6 Å². The number of nitrogens with zero attached hydrogens (tertiary/aromatic N) is 4. The summed E-state index contributed by atoms with van der Waals surface area (Å²) in [6.45, 7) is 6.81. The number of nitrogens with one attached hydrogen (secondary N) is 2. The van der Waals surface area contributed by atoms with E-state index >= 15 is 0 Å². The predicted octanol–water partition coefficient (Wildman–Crippen LogP) is 1.65. The zero-order valence-electron chi connectivity index (χ0n) is 14.8. The molecule has 0 aliphatic rings. The molecule has 0 saturated carbocycles. The van der Waals surface area contributed by atoms with Gasteiger partial charge in [-0.25, -0.2) is 0 Å². The van der Waals surface area contributed by atoms with Crippen molar-refractivity contribution < 1.29 is 9.53 Å². The lowest BCUT2D eigenvalue weighted by Crippen LogP contribution is -2.24. The van der Waals surface area contributed by atoms with Gasteiger partial charge in [0, 0.05) is 18.5 Å². The highest BCUT2D eigenvalue weighted by atomic mass is 16.5. The molecule has 1 amide bonds. The van der Waals surface area contributed by atoms with Crippen LogP contribution in [0.15, 0.2) is 17.8 Å². The lowest BCUT2D eigenvalue weighted by Gasteiger charge is -2.17. The average molecular weight is 342 g/mol. The second kappa shape index (κ2) is 8.26. The number of hydrogen-bond acceptors (Lipinski definition) is 5. The summed E-state index contributed by atoms with van der Waals surface area (Å²) < 4.78 is 7.36. The second-order valence-corrected chi connectivity index (χ2v) is 5.81. The summed E-state index contributed by atoms with van der Waals surface area (Å²) in [7, 11) is 1.67. The minimum atomic E-state index is -0.444. The standard InChI is InChI=1S/C17H22N6O2/c1-11-5-14(13(3)23(11)12(2)10-25-4)6-15(7-18)17(24)19-8-16-9-20-22-21-16/h5-6,9,12H,8,10H2,1-4H3,(H,19,24)(H,20,21,22)/b15-6-/t12-/m0/s1. The van der Waals surface area contributed by atoms with E-state index in [9.17, 15) is 10.1 Å². The van der Waals surface area contributed by atoms with Crippen LogP contribution in [0.5, 0.6) is 0 Å². The summed E-state index contributed by atoms with van der Waals surface area (Å²) in [4.78, 5) is 12.2. The summed E-state index contributed by atoms with van der Waals surface area (Å²) in [6, 6.07) is 4.09. The molecule has 0 bridgehead atoms. The number of methoxy groups -OCH3 is 1. The molecule has 132 valence electrons. The third-order valence-corrected chi connectivity index (χ3v) is 3.93. The lowest BCUT2D eigenvalue weighted by molar-refractivity contribution is -0.117. The Morgan fingerprint density at radius 3 is 2.92 bits per heavy atom. The predicted molar refractivity (Wildman–Crippen MR) is 92.3 cm³/mol. The highest BCUT2D eigenvalue weighted by molar-refractivity contribution is 6.01. The van der Waals surface area contributed by atoms with Crippen molar-refractivity contribution in [1.82, 2.24) is 25.3 Å². The van der Waals surface area contributed by atoms with E-state index in [0.29, 0.717) is 12.3 Å². The zero-order valence-corrected chi connectivity index (χ0v) is 14.8. The Balaban J connectivity index is 2.20. The topological polar surface area (TPSA) is 109 Å². The molecule has 0 aliphatic heterocycles. The second-order valence-electron chi connectivity index (χ2n) is 5.81. The van der Waals surface area contributed by atoms with Crippen LogP contribution in [0.2, 0.25) is 0 Å². The number of hydrogen-bond donors (Lipinski definition) is 2. The number of aryl methyl sites for hydroxylation is 1. The molecular formula is C17H22N6O2. The van der Waals surface area contributed by atoms with Gasteiger partial charge in [-0.1, -0.05) is 0 Å². The Kier molecular flexibility index (Phi) is 6.08. The number of aromatic nitrogens is 4. The van der Waals surface area contributed by atoms with Gasteiger partial charge >= 0.3 is 0 Å². The molecule has 0 radical (unpaired) electrons. The van der Waals surface area contributed by atoms with Crippen molar-refractivity contribution in [3.8, 4) is 6.07 Å². The van der Waals surface area contributed by atoms with E-state index in [1.165, 1.54) is 6.20 Å². The molecule has 0 aliphatic carbocycles. The smallest absolute Gasteiger partial charge is 0.262 e. The SMILES string of the molecule is COC[C@H](C)n1c(C)cc(/C=C(/C#N)C(=O)NCc2cn[nH]n2)c1C. The van der Waals surface area contributed by atoms with Crippen molar-refractivity contribution in [1.29, 1.82) is 5.26 Å². The quantitative estimate of drug-likeness (QED) is 0.587. The Morgan fingerprint density at radius 2 is 2.32 bits per heavy atom. The molecule has 0 spiro atoms. The molecule has 8 nitrogen and oxygen atoms in total. The molecule has 0 saturated heterocycles. The maximum absolute atomic E-state index is 12.2. The summed E-state index contributed by atoms with van der Waals surface area (Å²) in [6.07, 6.45) is 3.12. The third kappa shape index (κ3) is 4.33. The highest BCUT2D eigenvalue weighted by Gasteiger charge is 2.15. The molecule has 0 fully saturated rings. The van der Waals surface area contributed by atoms with E-state index in [1.807, 2.05) is 26.0 Å². The van der Waals surface area contributed by atoms with Crippen molar-refractivity contribution >= 4 is 12.0 Å². The van der Waals surface area contributed by atoms with Crippen LogP contribution in [0.25, 0.3) is 6.08 Å². The van der Waals surface area contributed by atoms with Crippen LogP contribution in [0.4, 0.5) is 0 Å². The lowest BCUT2D eigenvalue weighted by atomic mass is 10.1. The number of rotatable bonds is 7. The molecule has 2 heterocycles. The van der Waals surface area contributed by atoms with Gasteiger partial charge in [-0.2, -0.15) is 20.7 Å². The molecule has 2 aromatic rings. The van der Waals surface area contributed by atoms with Crippen LogP contribution in [-0.2, 0) is 16.1 Å². The van der Waals surface area contributed by atoms with Crippen molar-refractivity contribution in [2.24, 2.45) is 0 Å². The van der Waals surface area contributed by atoms with Crippen molar-refractivity contribution in [2.45, 2.75) is 33.4 Å². The fourth-order valence-electron chi connectivity index (χ4n) is 2.82. The van der Waals surface area contributed by atoms with Crippen LogP contribution < -0.4 is 5.32 Å². The molecule has 8 heteroatoms. The van der Waals surface area contributed by atoms with E-state index in [1.54, 1.807) is 13.2 Å². The fraction of sp³-hybridized carbons (Fsp3) is 0.412. The number of amides is 1. The van der Waals surface area contributed by atoms with Gasteiger partial charge in [-0.05, 0) is 38.5 Å². The van der Waals surface area contributed by atoms with Gasteiger partial charge in [0.25, 0.3) is 5.91 Å². The molecule has 0 aromatic carbocycles. The normalized spacial score (nSPS) is 12.7. The maximum atomic E-state index is 12.2. The first-order valence-electron chi connectivity index (χ1n) is 7.90. The van der Waals surface area contributed by atoms with Gasteiger partial charge in [0.1, 0.15) is 17.3 Å². The van der Waals surface area contributed by atoms with Crippen molar-refractivity contribution in [3.05, 3.63) is 40.5 Å². The Bertz CT molecular complexity index is 798. The van der Waals surface area contributed by atoms with Crippen LogP contribution >= 0.6 is 0 Å². The summed E-state index contributed by atoms with van der Waals surface area (Å²) in [5.41, 5.74) is 3.52. The Labute approximate surface area is 146 Å². The van der Waals surface area contributed by atoms with Gasteiger partial charge in [-0.15, -0.1) is 0 Å². The minimum Gasteiger partial charge on any atom is -0.383 e. The van der Waals surface area contributed by atoms with E-state index in [0.717, 1.165) is 17.0 Å². The van der Waals surface area contributed by atoms with Crippen LogP contribution in [0.1, 0.15) is 35.6 Å². The first-order valence-corrected chi connectivity index (χ1v) is 7.90. The van der Waals surface area contributed by atoms with E-state index < -0.39 is 5.91 Å². The molecular weight excluding hydrogens is 320 g/mol. The van der Waals surface area contributed by atoms with Crippen LogP contribution in [0.3, 0.4) is 0 Å². The highest BCUT2D eigenvalue weighted by Crippen LogP contribution is 2.22. The summed E-state index contributed by atoms with van der Waals surface area (Å²) in [5, 5.41) is 22.0. The number of nitriles is 1. The molecule has 0 unspecified atom stereocenters. The first-order chi connectivity index (χ1) is 12.0. The van der Waals surface area contributed by atoms with Crippen LogP contribution in [-0.4, -0.2) is 39.6 Å². The summed E-state index contributed by atoms with van der Waals surface area (Å²) >= 11 is 0. The van der Waals surface area contributed by atoms with Gasteiger partial charge in [-0.3, -0.25) is 4.79 Å². The number of carbonyl (C=O) groups excluding carboxylic acids is 1. The largest absolute Gasteiger partial charge is 0.383 e. The fourth-order valence-corrected chi connectivity index (χ4v) is 2.82. The van der Waals surface area contributed by atoms with Crippen molar-refractivity contribution in [3.63, 3.8) is 0 Å². The molecule has 2 N–H and O–H groups in total. The monoisotopic (exact) mass is 342 g/mol. The molecule has 25 heavy (non-hydrogen) atoms. The maximum Gasteiger partial charge on any atom is 0.262 e. The molecule has 2 rings (SSSR count). The molecule has 1 atom stereocenters. The minimum absolute atomic E-state index is 0.0446.